The molecule has 2 aromatic rings. The van der Waals surface area contributed by atoms with Crippen molar-refractivity contribution in [3.8, 4) is 0 Å². The predicted octanol–water partition coefficient (Wildman–Crippen LogP) is 2.02. The Labute approximate surface area is 171 Å². The minimum Gasteiger partial charge on any atom is -0.343 e. The van der Waals surface area contributed by atoms with Crippen LogP contribution in [0.1, 0.15) is 49.3 Å². The lowest BCUT2D eigenvalue weighted by Gasteiger charge is -2.31. The van der Waals surface area contributed by atoms with Crippen LogP contribution >= 0.6 is 0 Å². The van der Waals surface area contributed by atoms with E-state index in [0.29, 0.717) is 25.4 Å². The normalized spacial score (nSPS) is 17.7. The predicted molar refractivity (Wildman–Crippen MR) is 109 cm³/mol. The van der Waals surface area contributed by atoms with Crippen LogP contribution in [0.4, 0.5) is 0 Å². The number of nitrogens with zero attached hydrogens (tertiary/aromatic N) is 5. The number of piperidine rings is 1. The zero-order chi connectivity index (χ0) is 20.2. The molecule has 0 N–H and O–H groups in total. The molecule has 2 aliphatic heterocycles. The van der Waals surface area contributed by atoms with E-state index in [2.05, 4.69) is 26.9 Å². The van der Waals surface area contributed by atoms with Crippen molar-refractivity contribution >= 4 is 11.8 Å². The van der Waals surface area contributed by atoms with E-state index in [1.54, 1.807) is 6.92 Å². The van der Waals surface area contributed by atoms with Gasteiger partial charge >= 0.3 is 0 Å². The number of carbonyl (C=O) groups excluding carboxylic acids is 2. The van der Waals surface area contributed by atoms with Gasteiger partial charge in [-0.05, 0) is 24.8 Å². The molecular formula is C22H29N5O2. The molecule has 1 aromatic heterocycles. The molecule has 7 heteroatoms. The maximum absolute atomic E-state index is 12.7. The highest BCUT2D eigenvalue weighted by atomic mass is 16.2. The highest BCUT2D eigenvalue weighted by Gasteiger charge is 2.28. The van der Waals surface area contributed by atoms with Crippen molar-refractivity contribution < 1.29 is 9.59 Å². The monoisotopic (exact) mass is 395 g/mol. The standard InChI is InChI=1S/C22H29N5O2/c1-17(28)25-12-9-19(10-13-25)22-24-23-20-11-14-26(15-16-27(20)22)21(29)8-7-18-5-3-2-4-6-18/h2-6,19H,7-16H2,1H3. The van der Waals surface area contributed by atoms with E-state index >= 15 is 0 Å². The van der Waals surface area contributed by atoms with E-state index in [9.17, 15) is 9.59 Å². The van der Waals surface area contributed by atoms with Gasteiger partial charge in [0.05, 0.1) is 0 Å². The fourth-order valence-electron chi connectivity index (χ4n) is 4.40. The molecule has 0 bridgehead atoms. The highest BCUT2D eigenvalue weighted by molar-refractivity contribution is 5.76. The second-order valence-corrected chi connectivity index (χ2v) is 8.02. The van der Waals surface area contributed by atoms with E-state index in [1.165, 1.54) is 5.56 Å². The van der Waals surface area contributed by atoms with Crippen LogP contribution in [0.25, 0.3) is 0 Å². The molecule has 0 radical (unpaired) electrons. The molecule has 154 valence electrons. The first-order chi connectivity index (χ1) is 14.1. The van der Waals surface area contributed by atoms with Crippen molar-refractivity contribution in [2.75, 3.05) is 26.2 Å². The quantitative estimate of drug-likeness (QED) is 0.794. The van der Waals surface area contributed by atoms with E-state index in [1.807, 2.05) is 28.0 Å². The molecule has 7 nitrogen and oxygen atoms in total. The molecular weight excluding hydrogens is 366 g/mol. The van der Waals surface area contributed by atoms with Gasteiger partial charge in [0.1, 0.15) is 11.6 Å². The molecule has 2 amide bonds. The maximum atomic E-state index is 12.7. The van der Waals surface area contributed by atoms with Crippen molar-refractivity contribution in [3.05, 3.63) is 47.5 Å². The van der Waals surface area contributed by atoms with Crippen LogP contribution in [-0.2, 0) is 29.0 Å². The Kier molecular flexibility index (Phi) is 5.92. The molecule has 1 aromatic carbocycles. The molecule has 3 heterocycles. The first-order valence-electron chi connectivity index (χ1n) is 10.6. The second kappa shape index (κ2) is 8.76. The summed E-state index contributed by atoms with van der Waals surface area (Å²) < 4.78 is 2.22. The molecule has 0 unspecified atom stereocenters. The van der Waals surface area contributed by atoms with E-state index in [0.717, 1.165) is 57.0 Å². The van der Waals surface area contributed by atoms with Gasteiger partial charge in [-0.1, -0.05) is 30.3 Å². The third-order valence-corrected chi connectivity index (χ3v) is 6.18. The number of carbonyl (C=O) groups is 2. The minimum absolute atomic E-state index is 0.146. The van der Waals surface area contributed by atoms with Gasteiger partial charge in [0.2, 0.25) is 11.8 Å². The summed E-state index contributed by atoms with van der Waals surface area (Å²) in [5, 5.41) is 8.91. The maximum Gasteiger partial charge on any atom is 0.222 e. The van der Waals surface area contributed by atoms with Crippen molar-refractivity contribution in [2.45, 2.75) is 51.5 Å². The average molecular weight is 396 g/mol. The number of fused-ring (bicyclic) bond motifs is 1. The van der Waals surface area contributed by atoms with Gasteiger partial charge in [0, 0.05) is 58.4 Å². The van der Waals surface area contributed by atoms with Gasteiger partial charge < -0.3 is 14.4 Å². The lowest BCUT2D eigenvalue weighted by atomic mass is 9.96. The Morgan fingerprint density at radius 1 is 0.966 bits per heavy atom. The first kappa shape index (κ1) is 19.6. The van der Waals surface area contributed by atoms with E-state index in [4.69, 9.17) is 0 Å². The van der Waals surface area contributed by atoms with Crippen molar-refractivity contribution in [2.24, 2.45) is 0 Å². The molecule has 0 atom stereocenters. The number of benzene rings is 1. The summed E-state index contributed by atoms with van der Waals surface area (Å²) in [5.74, 6) is 2.71. The Balaban J connectivity index is 1.35. The van der Waals surface area contributed by atoms with Crippen molar-refractivity contribution in [1.29, 1.82) is 0 Å². The molecule has 29 heavy (non-hydrogen) atoms. The van der Waals surface area contributed by atoms with Crippen LogP contribution in [0.3, 0.4) is 0 Å². The Morgan fingerprint density at radius 3 is 2.45 bits per heavy atom. The van der Waals surface area contributed by atoms with Gasteiger partial charge in [0.25, 0.3) is 0 Å². The lowest BCUT2D eigenvalue weighted by molar-refractivity contribution is -0.131. The summed E-state index contributed by atoms with van der Waals surface area (Å²) >= 11 is 0. The van der Waals surface area contributed by atoms with Gasteiger partial charge in [0.15, 0.2) is 0 Å². The van der Waals surface area contributed by atoms with Crippen LogP contribution < -0.4 is 0 Å². The highest BCUT2D eigenvalue weighted by Crippen LogP contribution is 2.28. The van der Waals surface area contributed by atoms with E-state index in [-0.39, 0.29) is 11.8 Å². The number of amides is 2. The number of hydrogen-bond donors (Lipinski definition) is 0. The zero-order valence-electron chi connectivity index (χ0n) is 17.1. The molecule has 1 fully saturated rings. The van der Waals surface area contributed by atoms with Gasteiger partial charge in [-0.25, -0.2) is 0 Å². The van der Waals surface area contributed by atoms with Gasteiger partial charge in [-0.3, -0.25) is 9.59 Å². The average Bonchev–Trinajstić information content (AvgIpc) is 3.04. The summed E-state index contributed by atoms with van der Waals surface area (Å²) in [6, 6.07) is 10.2. The third kappa shape index (κ3) is 4.49. The Morgan fingerprint density at radius 2 is 1.72 bits per heavy atom. The zero-order valence-corrected chi connectivity index (χ0v) is 17.1. The lowest BCUT2D eigenvalue weighted by Crippen LogP contribution is -2.37. The Hall–Kier alpha value is -2.70. The summed E-state index contributed by atoms with van der Waals surface area (Å²) in [5.41, 5.74) is 1.20. The minimum atomic E-state index is 0.146. The number of aryl methyl sites for hydroxylation is 1. The first-order valence-corrected chi connectivity index (χ1v) is 10.6. The molecule has 0 saturated carbocycles. The SMILES string of the molecule is CC(=O)N1CCC(c2nnc3n2CCN(C(=O)CCc2ccccc2)CC3)CC1. The van der Waals surface area contributed by atoms with Crippen LogP contribution in [0.15, 0.2) is 30.3 Å². The topological polar surface area (TPSA) is 71.3 Å². The van der Waals surface area contributed by atoms with Crippen molar-refractivity contribution in [3.63, 3.8) is 0 Å². The van der Waals surface area contributed by atoms with E-state index < -0.39 is 0 Å². The second-order valence-electron chi connectivity index (χ2n) is 8.02. The largest absolute Gasteiger partial charge is 0.343 e. The molecule has 0 aliphatic carbocycles. The molecule has 0 spiro atoms. The summed E-state index contributed by atoms with van der Waals surface area (Å²) in [7, 11) is 0. The third-order valence-electron chi connectivity index (χ3n) is 6.18. The summed E-state index contributed by atoms with van der Waals surface area (Å²) in [6.07, 6.45) is 3.93. The number of aromatic nitrogens is 3. The molecule has 4 rings (SSSR count). The number of rotatable bonds is 4. The molecule has 2 aliphatic rings. The summed E-state index contributed by atoms with van der Waals surface area (Å²) in [6.45, 7) is 5.36. The van der Waals surface area contributed by atoms with Gasteiger partial charge in [-0.2, -0.15) is 0 Å². The van der Waals surface area contributed by atoms with Crippen LogP contribution in [0.2, 0.25) is 0 Å². The van der Waals surface area contributed by atoms with Crippen LogP contribution in [0, 0.1) is 0 Å². The fourth-order valence-corrected chi connectivity index (χ4v) is 4.40. The fraction of sp³-hybridized carbons (Fsp3) is 0.545. The number of likely N-dealkylation sites (tertiary alicyclic amines) is 1. The summed E-state index contributed by atoms with van der Waals surface area (Å²) in [4.78, 5) is 28.2. The number of hydrogen-bond acceptors (Lipinski definition) is 4. The van der Waals surface area contributed by atoms with Crippen molar-refractivity contribution in [1.82, 2.24) is 24.6 Å². The smallest absolute Gasteiger partial charge is 0.222 e. The van der Waals surface area contributed by atoms with Gasteiger partial charge in [-0.15, -0.1) is 10.2 Å². The Bertz CT molecular complexity index is 855. The van der Waals surface area contributed by atoms with Crippen LogP contribution in [-0.4, -0.2) is 62.6 Å². The molecule has 1 saturated heterocycles. The van der Waals surface area contributed by atoms with Crippen LogP contribution in [0.5, 0.6) is 0 Å².